The molecule has 1 aliphatic heterocycles. The largest absolute Gasteiger partial charge is 0.481 e. The van der Waals surface area contributed by atoms with E-state index in [-0.39, 0.29) is 24.3 Å². The number of carbonyl (C=O) groups is 3. The number of piperidine rings is 1. The molecule has 23 heavy (non-hydrogen) atoms. The molecule has 6 heteroatoms. The van der Waals surface area contributed by atoms with Gasteiger partial charge in [-0.15, -0.1) is 0 Å². The first-order valence-electron chi connectivity index (χ1n) is 8.72. The molecule has 0 radical (unpaired) electrons. The topological polar surface area (TPSA) is 77.9 Å². The number of carboxylic acids is 1. The Morgan fingerprint density at radius 1 is 1.04 bits per heavy atom. The van der Waals surface area contributed by atoms with Crippen molar-refractivity contribution >= 4 is 17.8 Å². The number of carbonyl (C=O) groups excluding carboxylic acids is 2. The fourth-order valence-electron chi connectivity index (χ4n) is 3.56. The molecular formula is C17H28N2O4. The third-order valence-corrected chi connectivity index (χ3v) is 5.18. The lowest BCUT2D eigenvalue weighted by molar-refractivity contribution is -0.146. The highest BCUT2D eigenvalue weighted by molar-refractivity contribution is 5.85. The van der Waals surface area contributed by atoms with E-state index < -0.39 is 5.97 Å². The Labute approximate surface area is 137 Å². The first kappa shape index (κ1) is 17.8. The fraction of sp³-hybridized carbons (Fsp3) is 0.824. The number of aliphatic carboxylic acids is 1. The Morgan fingerprint density at radius 3 is 2.22 bits per heavy atom. The molecule has 6 nitrogen and oxygen atoms in total. The Balaban J connectivity index is 1.73. The summed E-state index contributed by atoms with van der Waals surface area (Å²) in [7, 11) is 1.69. The van der Waals surface area contributed by atoms with E-state index in [1.165, 1.54) is 24.2 Å². The minimum Gasteiger partial charge on any atom is -0.481 e. The van der Waals surface area contributed by atoms with Crippen LogP contribution in [0.5, 0.6) is 0 Å². The lowest BCUT2D eigenvalue weighted by Crippen LogP contribution is -2.45. The van der Waals surface area contributed by atoms with Crippen LogP contribution in [0.2, 0.25) is 0 Å². The molecule has 2 amide bonds. The number of likely N-dealkylation sites (tertiary alicyclic amines) is 1. The molecule has 0 unspecified atom stereocenters. The second-order valence-electron chi connectivity index (χ2n) is 6.95. The number of nitrogens with zero attached hydrogens (tertiary/aromatic N) is 2. The van der Waals surface area contributed by atoms with Crippen LogP contribution in [0, 0.1) is 11.8 Å². The third kappa shape index (κ3) is 5.22. The van der Waals surface area contributed by atoms with Gasteiger partial charge in [0.05, 0.1) is 12.5 Å². The SMILES string of the molecule is CN(CC(=O)N1CCC(C(=O)O)CC1)C(=O)CC1CCCCC1. The summed E-state index contributed by atoms with van der Waals surface area (Å²) < 4.78 is 0. The number of likely N-dealkylation sites (N-methyl/N-ethyl adjacent to an activating group) is 1. The Morgan fingerprint density at radius 2 is 1.65 bits per heavy atom. The molecule has 1 aliphatic carbocycles. The lowest BCUT2D eigenvalue weighted by Gasteiger charge is -2.31. The molecule has 2 aliphatic rings. The number of amides is 2. The summed E-state index contributed by atoms with van der Waals surface area (Å²) in [6, 6.07) is 0. The van der Waals surface area contributed by atoms with Gasteiger partial charge in [0.25, 0.3) is 0 Å². The summed E-state index contributed by atoms with van der Waals surface area (Å²) in [4.78, 5) is 38.7. The predicted octanol–water partition coefficient (Wildman–Crippen LogP) is 1.74. The monoisotopic (exact) mass is 324 g/mol. The van der Waals surface area contributed by atoms with Gasteiger partial charge in [0.15, 0.2) is 0 Å². The fourth-order valence-corrected chi connectivity index (χ4v) is 3.56. The zero-order valence-electron chi connectivity index (χ0n) is 14.0. The highest BCUT2D eigenvalue weighted by atomic mass is 16.4. The zero-order chi connectivity index (χ0) is 16.8. The highest BCUT2D eigenvalue weighted by Gasteiger charge is 2.28. The van der Waals surface area contributed by atoms with Crippen LogP contribution in [0.25, 0.3) is 0 Å². The summed E-state index contributed by atoms with van der Waals surface area (Å²) >= 11 is 0. The van der Waals surface area contributed by atoms with Gasteiger partial charge in [0.1, 0.15) is 0 Å². The summed E-state index contributed by atoms with van der Waals surface area (Å²) in [6.45, 7) is 1.05. The van der Waals surface area contributed by atoms with Crippen molar-refractivity contribution in [3.05, 3.63) is 0 Å². The van der Waals surface area contributed by atoms with Crippen molar-refractivity contribution in [2.45, 2.75) is 51.4 Å². The van der Waals surface area contributed by atoms with E-state index >= 15 is 0 Å². The van der Waals surface area contributed by atoms with Crippen molar-refractivity contribution in [1.29, 1.82) is 0 Å². The molecule has 0 atom stereocenters. The molecule has 1 saturated carbocycles. The highest BCUT2D eigenvalue weighted by Crippen LogP contribution is 2.26. The van der Waals surface area contributed by atoms with E-state index in [2.05, 4.69) is 0 Å². The van der Waals surface area contributed by atoms with Gasteiger partial charge in [-0.2, -0.15) is 0 Å². The molecule has 0 aromatic rings. The molecular weight excluding hydrogens is 296 g/mol. The van der Waals surface area contributed by atoms with Gasteiger partial charge < -0.3 is 14.9 Å². The molecule has 0 aromatic carbocycles. The summed E-state index contributed by atoms with van der Waals surface area (Å²) in [6.07, 6.45) is 7.47. The number of rotatable bonds is 5. The Hall–Kier alpha value is -1.59. The van der Waals surface area contributed by atoms with Crippen molar-refractivity contribution in [3.63, 3.8) is 0 Å². The van der Waals surface area contributed by atoms with Crippen molar-refractivity contribution in [2.24, 2.45) is 11.8 Å². The molecule has 0 bridgehead atoms. The van der Waals surface area contributed by atoms with Gasteiger partial charge in [-0.05, 0) is 31.6 Å². The van der Waals surface area contributed by atoms with E-state index in [4.69, 9.17) is 5.11 Å². The van der Waals surface area contributed by atoms with E-state index in [1.807, 2.05) is 0 Å². The van der Waals surface area contributed by atoms with Crippen LogP contribution < -0.4 is 0 Å². The van der Waals surface area contributed by atoms with Gasteiger partial charge >= 0.3 is 5.97 Å². The van der Waals surface area contributed by atoms with Crippen molar-refractivity contribution in [1.82, 2.24) is 9.80 Å². The average Bonchev–Trinajstić information content (AvgIpc) is 2.55. The molecule has 2 rings (SSSR count). The molecule has 2 fully saturated rings. The van der Waals surface area contributed by atoms with Gasteiger partial charge in [-0.1, -0.05) is 19.3 Å². The van der Waals surface area contributed by atoms with Crippen LogP contribution in [0.4, 0.5) is 0 Å². The minimum atomic E-state index is -0.781. The average molecular weight is 324 g/mol. The molecule has 0 spiro atoms. The van der Waals surface area contributed by atoms with Crippen LogP contribution in [0.15, 0.2) is 0 Å². The van der Waals surface area contributed by atoms with Crippen molar-refractivity contribution < 1.29 is 19.5 Å². The Bertz CT molecular complexity index is 438. The zero-order valence-corrected chi connectivity index (χ0v) is 14.0. The normalized spacial score (nSPS) is 20.3. The predicted molar refractivity (Wildman–Crippen MR) is 85.8 cm³/mol. The van der Waals surface area contributed by atoms with E-state index in [0.29, 0.717) is 38.3 Å². The minimum absolute atomic E-state index is 0.0469. The number of carboxylic acid groups (broad SMARTS) is 1. The van der Waals surface area contributed by atoms with Crippen LogP contribution >= 0.6 is 0 Å². The number of hydrogen-bond acceptors (Lipinski definition) is 3. The van der Waals surface area contributed by atoms with E-state index in [0.717, 1.165) is 12.8 Å². The van der Waals surface area contributed by atoms with E-state index in [1.54, 1.807) is 11.9 Å². The molecule has 1 saturated heterocycles. The first-order chi connectivity index (χ1) is 11.0. The standard InChI is InChI=1S/C17H28N2O4/c1-18(15(20)11-13-5-3-2-4-6-13)12-16(21)19-9-7-14(8-10-19)17(22)23/h13-14H,2-12H2,1H3,(H,22,23). The molecule has 0 aromatic heterocycles. The van der Waals surface area contributed by atoms with Crippen LogP contribution in [0.3, 0.4) is 0 Å². The van der Waals surface area contributed by atoms with Crippen LogP contribution in [0.1, 0.15) is 51.4 Å². The van der Waals surface area contributed by atoms with E-state index in [9.17, 15) is 14.4 Å². The van der Waals surface area contributed by atoms with Gasteiger partial charge in [0.2, 0.25) is 11.8 Å². The third-order valence-electron chi connectivity index (χ3n) is 5.18. The maximum Gasteiger partial charge on any atom is 0.306 e. The second kappa shape index (κ2) is 8.31. The smallest absolute Gasteiger partial charge is 0.306 e. The molecule has 130 valence electrons. The van der Waals surface area contributed by atoms with Crippen LogP contribution in [-0.4, -0.2) is 59.4 Å². The van der Waals surface area contributed by atoms with Crippen LogP contribution in [-0.2, 0) is 14.4 Å². The summed E-state index contributed by atoms with van der Waals surface area (Å²) in [5, 5.41) is 8.98. The summed E-state index contributed by atoms with van der Waals surface area (Å²) in [5.41, 5.74) is 0. The first-order valence-corrected chi connectivity index (χ1v) is 8.72. The molecule has 1 heterocycles. The summed E-state index contributed by atoms with van der Waals surface area (Å²) in [5.74, 6) is -0.680. The second-order valence-corrected chi connectivity index (χ2v) is 6.95. The lowest BCUT2D eigenvalue weighted by atomic mass is 9.87. The van der Waals surface area contributed by atoms with Crippen molar-refractivity contribution in [2.75, 3.05) is 26.7 Å². The molecule has 1 N–H and O–H groups in total. The van der Waals surface area contributed by atoms with Gasteiger partial charge in [-0.25, -0.2) is 0 Å². The maximum atomic E-state index is 12.3. The van der Waals surface area contributed by atoms with Gasteiger partial charge in [0, 0.05) is 26.6 Å². The van der Waals surface area contributed by atoms with Gasteiger partial charge in [-0.3, -0.25) is 14.4 Å². The number of hydrogen-bond donors (Lipinski definition) is 1. The maximum absolute atomic E-state index is 12.3. The Kier molecular flexibility index (Phi) is 6.42. The van der Waals surface area contributed by atoms with Crippen molar-refractivity contribution in [3.8, 4) is 0 Å². The quantitative estimate of drug-likeness (QED) is 0.835.